The van der Waals surface area contributed by atoms with Crippen LogP contribution in [0.5, 0.6) is 0 Å². The molecule has 4 aliphatic heterocycles. The Labute approximate surface area is 408 Å². The Hall–Kier alpha value is -4.32. The Kier molecular flexibility index (Phi) is 14.4. The van der Waals surface area contributed by atoms with Gasteiger partial charge >= 0.3 is 12.1 Å². The van der Waals surface area contributed by atoms with E-state index in [-0.39, 0.29) is 58.1 Å². The molecule has 378 valence electrons. The molecule has 0 aromatic heterocycles. The van der Waals surface area contributed by atoms with Crippen molar-refractivity contribution < 1.29 is 38.9 Å². The van der Waals surface area contributed by atoms with Crippen molar-refractivity contribution in [3.63, 3.8) is 0 Å². The number of β-amino-alcohol motifs (C(OH)–C–C–N with tert-alkyl or cyclic N) is 2. The van der Waals surface area contributed by atoms with Crippen LogP contribution in [0.3, 0.4) is 0 Å². The molecule has 0 bridgehead atoms. The summed E-state index contributed by atoms with van der Waals surface area (Å²) in [5, 5.41) is 31.5. The highest BCUT2D eigenvalue weighted by atomic mass is 16.5. The Morgan fingerprint density at radius 2 is 1.01 bits per heavy atom. The molecule has 4 heterocycles. The molecule has 69 heavy (non-hydrogen) atoms. The molecule has 2 spiro atoms. The minimum absolute atomic E-state index is 0.0258. The number of hydrogen-bond acceptors (Lipinski definition) is 10. The molecule has 16 heteroatoms. The van der Waals surface area contributed by atoms with Gasteiger partial charge in [-0.3, -0.25) is 14.5 Å². The largest absolute Gasteiger partial charge is 0.388 e. The van der Waals surface area contributed by atoms with Crippen molar-refractivity contribution in [2.24, 2.45) is 0 Å². The van der Waals surface area contributed by atoms with E-state index in [1.54, 1.807) is 0 Å². The average Bonchev–Trinajstić information content (AvgIpc) is 3.71. The molecule has 5 N–H and O–H groups in total. The monoisotopic (exact) mass is 955 g/mol. The zero-order valence-electron chi connectivity index (χ0n) is 41.4. The fourth-order valence-corrected chi connectivity index (χ4v) is 12.7. The Morgan fingerprint density at radius 1 is 0.609 bits per heavy atom. The number of ether oxygens (including phenoxy) is 2. The van der Waals surface area contributed by atoms with Gasteiger partial charge in [-0.2, -0.15) is 0 Å². The highest BCUT2D eigenvalue weighted by Gasteiger charge is 2.58. The van der Waals surface area contributed by atoms with Crippen molar-refractivity contribution in [1.82, 2.24) is 40.4 Å². The summed E-state index contributed by atoms with van der Waals surface area (Å²) in [7, 11) is 6.33. The number of amides is 6. The normalized spacial score (nSPS) is 30.6. The molecule has 0 radical (unpaired) electrons. The van der Waals surface area contributed by atoms with Crippen LogP contribution in [0.25, 0.3) is 0 Å². The third-order valence-electron chi connectivity index (χ3n) is 17.8. The maximum absolute atomic E-state index is 13.6. The first kappa shape index (κ1) is 49.7. The van der Waals surface area contributed by atoms with Crippen molar-refractivity contribution in [2.45, 2.75) is 148 Å². The minimum atomic E-state index is -0.768. The predicted octanol–water partition coefficient (Wildman–Crippen LogP) is 4.29. The minimum Gasteiger partial charge on any atom is -0.388 e. The number of carbonyl (C=O) groups excluding carboxylic acids is 4. The Bertz CT molecular complexity index is 2110. The first-order valence-electron chi connectivity index (χ1n) is 25.9. The van der Waals surface area contributed by atoms with Gasteiger partial charge in [-0.25, -0.2) is 9.59 Å². The molecule has 4 saturated carbocycles. The van der Waals surface area contributed by atoms with Gasteiger partial charge in [0.2, 0.25) is 11.8 Å². The number of urea groups is 2. The van der Waals surface area contributed by atoms with E-state index < -0.39 is 11.2 Å². The van der Waals surface area contributed by atoms with Crippen LogP contribution in [-0.2, 0) is 30.1 Å². The lowest BCUT2D eigenvalue weighted by molar-refractivity contribution is -0.126. The molecule has 8 fully saturated rings. The quantitative estimate of drug-likeness (QED) is 0.163. The zero-order chi connectivity index (χ0) is 48.5. The second kappa shape index (κ2) is 20.1. The highest BCUT2D eigenvalue weighted by Crippen LogP contribution is 2.51. The first-order valence-corrected chi connectivity index (χ1v) is 25.9. The third kappa shape index (κ3) is 10.1. The van der Waals surface area contributed by atoms with E-state index in [1.165, 1.54) is 11.1 Å². The molecule has 2 aromatic rings. The fourth-order valence-electron chi connectivity index (χ4n) is 12.7. The lowest BCUT2D eigenvalue weighted by Crippen LogP contribution is -2.59. The Balaban J connectivity index is 0.000000172. The number of benzene rings is 2. The van der Waals surface area contributed by atoms with Crippen LogP contribution in [0.1, 0.15) is 114 Å². The molecule has 6 amide bonds. The lowest BCUT2D eigenvalue weighted by atomic mass is 9.67. The molecule has 8 aliphatic rings. The second-order valence-electron chi connectivity index (χ2n) is 22.3. The van der Waals surface area contributed by atoms with E-state index in [0.717, 1.165) is 89.9 Å². The average molecular weight is 955 g/mol. The predicted molar refractivity (Wildman–Crippen MR) is 261 cm³/mol. The second-order valence-corrected chi connectivity index (χ2v) is 22.3. The van der Waals surface area contributed by atoms with Crippen molar-refractivity contribution >= 4 is 23.9 Å². The van der Waals surface area contributed by atoms with E-state index in [2.05, 4.69) is 89.5 Å². The first-order chi connectivity index (χ1) is 33.1. The summed E-state index contributed by atoms with van der Waals surface area (Å²) in [4.78, 5) is 61.9. The summed E-state index contributed by atoms with van der Waals surface area (Å²) in [5.41, 5.74) is 0.313. The molecular weight excluding hydrogens is 877 g/mol. The molecule has 4 aliphatic carbocycles. The van der Waals surface area contributed by atoms with Crippen LogP contribution in [0.4, 0.5) is 9.59 Å². The maximum atomic E-state index is 13.6. The molecule has 2 aromatic carbocycles. The molecule has 0 atom stereocenters. The van der Waals surface area contributed by atoms with Crippen molar-refractivity contribution in [1.29, 1.82) is 0 Å². The van der Waals surface area contributed by atoms with E-state index in [9.17, 15) is 29.4 Å². The number of aliphatic hydroxyl groups is 2. The van der Waals surface area contributed by atoms with Crippen LogP contribution >= 0.6 is 0 Å². The van der Waals surface area contributed by atoms with Gasteiger partial charge in [-0.15, -0.1) is 0 Å². The maximum Gasteiger partial charge on any atom is 0.320 e. The third-order valence-corrected chi connectivity index (χ3v) is 17.8. The number of carbonyl (C=O) groups is 4. The number of nitrogens with zero attached hydrogens (tertiary/aromatic N) is 5. The molecule has 0 unspecified atom stereocenters. The SMILES string of the molecule is CN(C)C1(c2ccccc2)CCC2(CC1)CN(CCC(=O)NC1COC1)C(=O)N2CC1(O)CCC1.CNC1(c2ccccc2)CCC2(CC1)CN(CCC(=O)NC1COC1)C(=O)N2CC1(O)CCC1. The lowest BCUT2D eigenvalue weighted by Gasteiger charge is -2.52. The summed E-state index contributed by atoms with van der Waals surface area (Å²) >= 11 is 0. The van der Waals surface area contributed by atoms with Crippen LogP contribution in [0.2, 0.25) is 0 Å². The zero-order valence-corrected chi connectivity index (χ0v) is 41.4. The van der Waals surface area contributed by atoms with Crippen LogP contribution in [0, 0.1) is 0 Å². The van der Waals surface area contributed by atoms with Gasteiger partial charge in [-0.1, -0.05) is 60.7 Å². The van der Waals surface area contributed by atoms with E-state index >= 15 is 0 Å². The van der Waals surface area contributed by atoms with Gasteiger partial charge in [0.05, 0.1) is 73.9 Å². The molecule has 16 nitrogen and oxygen atoms in total. The number of nitrogens with one attached hydrogen (secondary N) is 3. The smallest absolute Gasteiger partial charge is 0.320 e. The van der Waals surface area contributed by atoms with Gasteiger partial charge in [0.15, 0.2) is 0 Å². The van der Waals surface area contributed by atoms with E-state index in [0.29, 0.717) is 78.5 Å². The van der Waals surface area contributed by atoms with Crippen LogP contribution < -0.4 is 16.0 Å². The Morgan fingerprint density at radius 3 is 1.36 bits per heavy atom. The van der Waals surface area contributed by atoms with Gasteiger partial charge in [0, 0.05) is 50.1 Å². The molecule has 4 saturated heterocycles. The fraction of sp³-hybridized carbons (Fsp3) is 0.698. The van der Waals surface area contributed by atoms with Gasteiger partial charge in [0.25, 0.3) is 0 Å². The van der Waals surface area contributed by atoms with Crippen molar-refractivity contribution in [3.8, 4) is 0 Å². The number of hydrogen-bond donors (Lipinski definition) is 5. The standard InChI is InChI=1S/C27H40N4O4.C26H38N4O4/c1-29(2)27(21-7-4-3-5-8-21)14-12-25(13-15-27)19-30(16-9-23(32)28-22-17-35-18-22)24(33)31(25)20-26(34)10-6-11-26;1-27-26(20-6-3-2-4-7-20)13-11-24(12-14-26)18-29(15-8-22(31)28-21-16-34-17-21)23(32)30(24)19-25(33)9-5-10-25/h3-5,7-8,22,34H,6,9-20H2,1-2H3,(H,28,32);2-4,6-7,21,27,33H,5,8-19H2,1H3,(H,28,31). The van der Waals surface area contributed by atoms with Crippen LogP contribution in [-0.4, -0.2) is 180 Å². The molecule has 10 rings (SSSR count). The van der Waals surface area contributed by atoms with Crippen LogP contribution in [0.15, 0.2) is 60.7 Å². The van der Waals surface area contributed by atoms with E-state index in [1.807, 2.05) is 32.7 Å². The summed E-state index contributed by atoms with van der Waals surface area (Å²) in [5.74, 6) is -0.0660. The van der Waals surface area contributed by atoms with E-state index in [4.69, 9.17) is 9.47 Å². The summed E-state index contributed by atoms with van der Waals surface area (Å²) in [6, 6.07) is 21.4. The number of rotatable bonds is 16. The van der Waals surface area contributed by atoms with Gasteiger partial charge < -0.3 is 55.2 Å². The van der Waals surface area contributed by atoms with Gasteiger partial charge in [-0.05, 0) is 122 Å². The summed E-state index contributed by atoms with van der Waals surface area (Å²) in [6.45, 7) is 5.13. The highest BCUT2D eigenvalue weighted by molar-refractivity contribution is 5.81. The van der Waals surface area contributed by atoms with Crippen molar-refractivity contribution in [2.75, 3.05) is 86.8 Å². The van der Waals surface area contributed by atoms with Crippen molar-refractivity contribution in [3.05, 3.63) is 71.8 Å². The summed E-state index contributed by atoms with van der Waals surface area (Å²) in [6.07, 6.45) is 12.9. The topological polar surface area (TPSA) is 179 Å². The molecular formula is C53H78N8O8. The summed E-state index contributed by atoms with van der Waals surface area (Å²) < 4.78 is 10.3. The van der Waals surface area contributed by atoms with Gasteiger partial charge in [0.1, 0.15) is 0 Å².